The highest BCUT2D eigenvalue weighted by Gasteiger charge is 2.46. The van der Waals surface area contributed by atoms with Crippen molar-refractivity contribution in [1.29, 1.82) is 5.26 Å². The second-order valence-corrected chi connectivity index (χ2v) is 11.0. The maximum absolute atomic E-state index is 13.6. The van der Waals surface area contributed by atoms with Gasteiger partial charge in [-0.05, 0) is 55.7 Å². The van der Waals surface area contributed by atoms with E-state index in [2.05, 4.69) is 10.8 Å². The lowest BCUT2D eigenvalue weighted by Crippen LogP contribution is -2.52. The highest BCUT2D eigenvalue weighted by atomic mass is 32.2. The lowest BCUT2D eigenvalue weighted by Gasteiger charge is -2.33. The van der Waals surface area contributed by atoms with Gasteiger partial charge in [0.15, 0.2) is 0 Å². The number of hydrogen-bond acceptors (Lipinski definition) is 6. The summed E-state index contributed by atoms with van der Waals surface area (Å²) in [5, 5.41) is 9.23. The van der Waals surface area contributed by atoms with Crippen molar-refractivity contribution in [2.45, 2.75) is 68.7 Å². The summed E-state index contributed by atoms with van der Waals surface area (Å²) in [6, 6.07) is 7.04. The Morgan fingerprint density at radius 3 is 2.59 bits per heavy atom. The Labute approximate surface area is 201 Å². The van der Waals surface area contributed by atoms with E-state index in [0.29, 0.717) is 0 Å². The normalized spacial score (nSPS) is 27.5. The summed E-state index contributed by atoms with van der Waals surface area (Å²) in [5.74, 6) is 0.0337. The van der Waals surface area contributed by atoms with Crippen molar-refractivity contribution in [3.8, 4) is 6.07 Å². The fourth-order valence-electron chi connectivity index (χ4n) is 4.88. The number of carbonyl (C=O) groups excluding carboxylic acids is 1. The minimum atomic E-state index is -3.76. The molecule has 1 aromatic rings. The van der Waals surface area contributed by atoms with Crippen LogP contribution < -0.4 is 4.72 Å². The van der Waals surface area contributed by atoms with Crippen LogP contribution >= 0.6 is 0 Å². The predicted molar refractivity (Wildman–Crippen MR) is 124 cm³/mol. The zero-order chi connectivity index (χ0) is 24.9. The molecule has 0 aromatic heterocycles. The summed E-state index contributed by atoms with van der Waals surface area (Å²) in [6.07, 6.45) is 2.95. The van der Waals surface area contributed by atoms with Crippen molar-refractivity contribution >= 4 is 16.3 Å². The fourth-order valence-corrected chi connectivity index (χ4v) is 5.73. The number of nitrogens with one attached hydrogen (secondary N) is 1. The molecule has 1 aliphatic carbocycles. The van der Waals surface area contributed by atoms with Crippen LogP contribution in [0.25, 0.3) is 0 Å². The molecule has 0 radical (unpaired) electrons. The first-order valence-electron chi connectivity index (χ1n) is 11.5. The molecule has 1 heterocycles. The van der Waals surface area contributed by atoms with Gasteiger partial charge in [-0.2, -0.15) is 22.7 Å². The maximum Gasteiger partial charge on any atom is 0.410 e. The number of benzene rings is 1. The number of amides is 1. The molecule has 34 heavy (non-hydrogen) atoms. The number of likely N-dealkylation sites (tertiary alicyclic amines) is 1. The molecule has 3 atom stereocenters. The Hall–Kier alpha value is -2.26. The first-order valence-corrected chi connectivity index (χ1v) is 12.9. The molecule has 0 unspecified atom stereocenters. The quantitative estimate of drug-likeness (QED) is 0.592. The number of halogens is 1. The van der Waals surface area contributed by atoms with Gasteiger partial charge in [-0.15, -0.1) is 0 Å². The average molecular weight is 497 g/mol. The van der Waals surface area contributed by atoms with Gasteiger partial charge in [0, 0.05) is 20.1 Å². The third kappa shape index (κ3) is 6.24. The Bertz CT molecular complexity index is 991. The third-order valence-electron chi connectivity index (χ3n) is 6.73. The fraction of sp³-hybridized carbons (Fsp3) is 0.652. The summed E-state index contributed by atoms with van der Waals surface area (Å²) in [6.45, 7) is 0.118. The van der Waals surface area contributed by atoms with Gasteiger partial charge in [0.25, 0.3) is 10.2 Å². The molecule has 1 saturated heterocycles. The number of ether oxygens (including phenoxy) is 2. The predicted octanol–water partition coefficient (Wildman–Crippen LogP) is 2.76. The molecular weight excluding hydrogens is 463 g/mol. The van der Waals surface area contributed by atoms with E-state index in [1.54, 1.807) is 12.1 Å². The molecule has 1 saturated carbocycles. The largest absolute Gasteiger partial charge is 0.453 e. The zero-order valence-electron chi connectivity index (χ0n) is 19.8. The monoisotopic (exact) mass is 496 g/mol. The number of rotatable bonds is 8. The van der Waals surface area contributed by atoms with Gasteiger partial charge in [-0.25, -0.2) is 9.18 Å². The average Bonchev–Trinajstić information content (AvgIpc) is 3.13. The van der Waals surface area contributed by atoms with Crippen LogP contribution in [-0.2, 0) is 19.7 Å². The van der Waals surface area contributed by atoms with Gasteiger partial charge in [0.1, 0.15) is 5.82 Å². The Morgan fingerprint density at radius 1 is 1.29 bits per heavy atom. The van der Waals surface area contributed by atoms with Crippen LogP contribution in [0.1, 0.15) is 50.0 Å². The summed E-state index contributed by atoms with van der Waals surface area (Å²) >= 11 is 0. The molecule has 1 amide bonds. The second-order valence-electron chi connectivity index (χ2n) is 9.07. The standard InChI is InChI=1S/C23H33FN4O5S/c1-27(2)34(30,31)26-21-14-19(11-12-25)28(23(29)32-3)22(21)15-33-20-9-7-16(8-10-20)17-5-4-6-18(24)13-17/h4-6,13,16,19-22,26H,7-11,14-15H2,1-3H3/t16?,19-,20?,21+,22+/m1/s1. The van der Waals surface area contributed by atoms with E-state index in [1.165, 1.54) is 32.2 Å². The molecule has 2 fully saturated rings. The van der Waals surface area contributed by atoms with Crippen molar-refractivity contribution in [2.24, 2.45) is 0 Å². The first kappa shape index (κ1) is 26.3. The number of carbonyl (C=O) groups is 1. The van der Waals surface area contributed by atoms with Crippen LogP contribution in [0.2, 0.25) is 0 Å². The smallest absolute Gasteiger partial charge is 0.410 e. The van der Waals surface area contributed by atoms with Gasteiger partial charge in [0.2, 0.25) is 0 Å². The second kappa shape index (κ2) is 11.4. The van der Waals surface area contributed by atoms with Gasteiger partial charge in [-0.3, -0.25) is 4.90 Å². The minimum absolute atomic E-state index is 0.0505. The topological polar surface area (TPSA) is 112 Å². The molecule has 1 aliphatic heterocycles. The molecular formula is C23H33FN4O5S. The molecule has 3 rings (SSSR count). The molecule has 1 aromatic carbocycles. The number of hydrogen-bond donors (Lipinski definition) is 1. The van der Waals surface area contributed by atoms with Crippen LogP contribution in [0, 0.1) is 17.1 Å². The van der Waals surface area contributed by atoms with Crippen LogP contribution in [0.4, 0.5) is 9.18 Å². The molecule has 0 bridgehead atoms. The zero-order valence-corrected chi connectivity index (χ0v) is 20.6. The van der Waals surface area contributed by atoms with Gasteiger partial charge < -0.3 is 9.47 Å². The van der Waals surface area contributed by atoms with Crippen molar-refractivity contribution in [1.82, 2.24) is 13.9 Å². The molecule has 1 N–H and O–H groups in total. The van der Waals surface area contributed by atoms with Crippen LogP contribution in [0.3, 0.4) is 0 Å². The summed E-state index contributed by atoms with van der Waals surface area (Å²) < 4.78 is 53.4. The van der Waals surface area contributed by atoms with Gasteiger partial charge >= 0.3 is 6.09 Å². The molecule has 188 valence electrons. The van der Waals surface area contributed by atoms with E-state index in [-0.39, 0.29) is 37.3 Å². The van der Waals surface area contributed by atoms with Crippen molar-refractivity contribution in [2.75, 3.05) is 27.8 Å². The van der Waals surface area contributed by atoms with E-state index in [0.717, 1.165) is 35.6 Å². The van der Waals surface area contributed by atoms with Crippen molar-refractivity contribution in [3.63, 3.8) is 0 Å². The number of nitrogens with zero attached hydrogens (tertiary/aromatic N) is 3. The SMILES string of the molecule is COC(=O)N1[C@H](CC#N)C[C@H](NS(=O)(=O)N(C)C)[C@@H]1COC1CCC(c2cccc(F)c2)CC1. The van der Waals surface area contributed by atoms with Crippen LogP contribution in [-0.4, -0.2) is 75.8 Å². The first-order chi connectivity index (χ1) is 16.2. The van der Waals surface area contributed by atoms with E-state index >= 15 is 0 Å². The van der Waals surface area contributed by atoms with E-state index in [1.807, 2.05) is 6.07 Å². The maximum atomic E-state index is 13.6. The van der Waals surface area contributed by atoms with Crippen LogP contribution in [0.15, 0.2) is 24.3 Å². The molecule has 2 aliphatic rings. The summed E-state index contributed by atoms with van der Waals surface area (Å²) in [5.41, 5.74) is 0.989. The molecule has 0 spiro atoms. The highest BCUT2D eigenvalue weighted by Crippen LogP contribution is 2.35. The highest BCUT2D eigenvalue weighted by molar-refractivity contribution is 7.87. The Morgan fingerprint density at radius 2 is 2.00 bits per heavy atom. The molecule has 9 nitrogen and oxygen atoms in total. The molecule has 11 heteroatoms. The third-order valence-corrected chi connectivity index (χ3v) is 8.29. The van der Waals surface area contributed by atoms with E-state index in [4.69, 9.17) is 9.47 Å². The van der Waals surface area contributed by atoms with Crippen molar-refractivity contribution in [3.05, 3.63) is 35.6 Å². The van der Waals surface area contributed by atoms with E-state index in [9.17, 15) is 22.9 Å². The summed E-state index contributed by atoms with van der Waals surface area (Å²) in [7, 11) is 0.343. The number of methoxy groups -OCH3 is 1. The van der Waals surface area contributed by atoms with Crippen LogP contribution in [0.5, 0.6) is 0 Å². The lowest BCUT2D eigenvalue weighted by molar-refractivity contribution is -0.00918. The van der Waals surface area contributed by atoms with E-state index < -0.39 is 34.4 Å². The van der Waals surface area contributed by atoms with Gasteiger partial charge in [0.05, 0.1) is 44.4 Å². The van der Waals surface area contributed by atoms with Crippen molar-refractivity contribution < 1.29 is 27.1 Å². The lowest BCUT2D eigenvalue weighted by atomic mass is 9.82. The van der Waals surface area contributed by atoms with Gasteiger partial charge in [-0.1, -0.05) is 12.1 Å². The minimum Gasteiger partial charge on any atom is -0.453 e. The summed E-state index contributed by atoms with van der Waals surface area (Å²) in [4.78, 5) is 14.0. The Kier molecular flexibility index (Phi) is 8.87. The Balaban J connectivity index is 1.68. The number of nitriles is 1.